The van der Waals surface area contributed by atoms with Crippen molar-refractivity contribution in [1.29, 1.82) is 0 Å². The molecule has 0 aliphatic carbocycles. The van der Waals surface area contributed by atoms with Gasteiger partial charge < -0.3 is 20.3 Å². The average Bonchev–Trinajstić information content (AvgIpc) is 2.83. The van der Waals surface area contributed by atoms with E-state index in [0.29, 0.717) is 5.56 Å². The Morgan fingerprint density at radius 2 is 1.83 bits per heavy atom. The number of alkyl halides is 3. The van der Waals surface area contributed by atoms with Crippen molar-refractivity contribution in [2.24, 2.45) is 11.7 Å². The highest BCUT2D eigenvalue weighted by Crippen LogP contribution is 2.32. The van der Waals surface area contributed by atoms with Crippen molar-refractivity contribution in [2.75, 3.05) is 38.6 Å². The minimum absolute atomic E-state index is 0.0231. The summed E-state index contributed by atoms with van der Waals surface area (Å²) in [5.41, 5.74) is 6.00. The lowest BCUT2D eigenvalue weighted by molar-refractivity contribution is -0.155. The van der Waals surface area contributed by atoms with Gasteiger partial charge in [0.25, 0.3) is 5.91 Å². The quantitative estimate of drug-likeness (QED) is 0.420. The Labute approximate surface area is 209 Å². The van der Waals surface area contributed by atoms with Crippen LogP contribution in [0, 0.1) is 5.92 Å². The monoisotopic (exact) mass is 512 g/mol. The van der Waals surface area contributed by atoms with Gasteiger partial charge in [0.2, 0.25) is 0 Å². The van der Waals surface area contributed by atoms with Crippen molar-refractivity contribution in [3.63, 3.8) is 0 Å². The van der Waals surface area contributed by atoms with Crippen molar-refractivity contribution >= 4 is 29.6 Å². The summed E-state index contributed by atoms with van der Waals surface area (Å²) in [6.07, 6.45) is 0.0681. The van der Waals surface area contributed by atoms with E-state index in [0.717, 1.165) is 50.6 Å². The Hall–Kier alpha value is -2.65. The van der Waals surface area contributed by atoms with Crippen molar-refractivity contribution in [1.82, 2.24) is 9.88 Å². The van der Waals surface area contributed by atoms with E-state index in [4.69, 9.17) is 17.3 Å². The topological polar surface area (TPSA) is 79.5 Å². The van der Waals surface area contributed by atoms with Crippen LogP contribution in [-0.4, -0.2) is 62.0 Å². The molecule has 1 aromatic heterocycles. The van der Waals surface area contributed by atoms with Crippen molar-refractivity contribution in [3.8, 4) is 0 Å². The van der Waals surface area contributed by atoms with E-state index < -0.39 is 12.1 Å². The molecular formula is C25H32ClF3N4O2. The van der Waals surface area contributed by atoms with Gasteiger partial charge in [-0.15, -0.1) is 0 Å². The number of benzene rings is 1. The molecule has 1 amide bonds. The molecule has 192 valence electrons. The molecule has 2 N–H and O–H groups in total. The Morgan fingerprint density at radius 1 is 1.20 bits per heavy atom. The fraction of sp³-hybridized carbons (Fsp3) is 0.480. The molecule has 2 aromatic rings. The van der Waals surface area contributed by atoms with Gasteiger partial charge in [-0.25, -0.2) is 4.98 Å². The first-order valence-electron chi connectivity index (χ1n) is 11.5. The summed E-state index contributed by atoms with van der Waals surface area (Å²) in [6.45, 7) is 2.75. The fourth-order valence-corrected chi connectivity index (χ4v) is 4.09. The first-order valence-corrected chi connectivity index (χ1v) is 11.9. The van der Waals surface area contributed by atoms with Crippen LogP contribution >= 0.6 is 11.6 Å². The second-order valence-corrected chi connectivity index (χ2v) is 8.99. The second kappa shape index (κ2) is 13.4. The highest BCUT2D eigenvalue weighted by molar-refractivity contribution is 6.32. The maximum absolute atomic E-state index is 12.2. The first-order chi connectivity index (χ1) is 16.6. The van der Waals surface area contributed by atoms with Gasteiger partial charge in [0.1, 0.15) is 23.2 Å². The van der Waals surface area contributed by atoms with Crippen molar-refractivity contribution in [2.45, 2.75) is 37.8 Å². The van der Waals surface area contributed by atoms with Gasteiger partial charge in [0, 0.05) is 27.2 Å². The zero-order chi connectivity index (χ0) is 26.0. The van der Waals surface area contributed by atoms with E-state index >= 15 is 0 Å². The number of amides is 1. The van der Waals surface area contributed by atoms with Gasteiger partial charge in [-0.2, -0.15) is 13.2 Å². The normalized spacial score (nSPS) is 15.1. The molecule has 1 aliphatic heterocycles. The summed E-state index contributed by atoms with van der Waals surface area (Å²) < 4.78 is 36.5. The molecule has 1 unspecified atom stereocenters. The highest BCUT2D eigenvalue weighted by Gasteiger charge is 2.40. The summed E-state index contributed by atoms with van der Waals surface area (Å²) >= 11 is 6.19. The van der Waals surface area contributed by atoms with E-state index in [1.807, 2.05) is 6.07 Å². The van der Waals surface area contributed by atoms with E-state index in [9.17, 15) is 22.8 Å². The summed E-state index contributed by atoms with van der Waals surface area (Å²) in [4.78, 5) is 30.4. The SMILES string of the molecule is CN(C)C(=O)c1ccc(N2CCC(CCCN)CC2)nc1Cl.O=CC(c1ccccc1)C(F)(F)F. The van der Waals surface area contributed by atoms with E-state index in [-0.39, 0.29) is 22.9 Å². The van der Waals surface area contributed by atoms with Gasteiger partial charge in [-0.3, -0.25) is 4.79 Å². The molecule has 1 atom stereocenters. The standard InChI is InChI=1S/C16H25ClN4O.C9H7F3O/c1-20(2)16(22)13-5-6-14(19-15(13)17)21-10-7-12(8-11-21)4-3-9-18;10-9(11,12)8(6-13)7-4-2-1-3-5-7/h5-6,12H,3-4,7-11,18H2,1-2H3;1-6,8H. The number of pyridine rings is 1. The number of halogens is 4. The van der Waals surface area contributed by atoms with Crippen LogP contribution in [0.3, 0.4) is 0 Å². The van der Waals surface area contributed by atoms with Gasteiger partial charge in [-0.05, 0) is 55.8 Å². The number of hydrogen-bond acceptors (Lipinski definition) is 5. The maximum atomic E-state index is 12.2. The molecule has 1 fully saturated rings. The molecule has 3 rings (SSSR count). The Kier molecular flexibility index (Phi) is 11.0. The lowest BCUT2D eigenvalue weighted by Gasteiger charge is -2.33. The van der Waals surface area contributed by atoms with Crippen LogP contribution in [0.25, 0.3) is 0 Å². The molecule has 0 spiro atoms. The number of piperidine rings is 1. The minimum Gasteiger partial charge on any atom is -0.357 e. The molecule has 0 radical (unpaired) electrons. The van der Waals surface area contributed by atoms with Crippen LogP contribution in [0.1, 0.15) is 47.5 Å². The third-order valence-electron chi connectivity index (χ3n) is 5.87. The highest BCUT2D eigenvalue weighted by atomic mass is 35.5. The number of carbonyl (C=O) groups is 2. The number of aldehydes is 1. The van der Waals surface area contributed by atoms with E-state index in [1.165, 1.54) is 35.6 Å². The number of nitrogens with two attached hydrogens (primary N) is 1. The van der Waals surface area contributed by atoms with Crippen LogP contribution in [-0.2, 0) is 4.79 Å². The van der Waals surface area contributed by atoms with Gasteiger partial charge >= 0.3 is 6.18 Å². The van der Waals surface area contributed by atoms with Gasteiger partial charge in [0.05, 0.1) is 5.56 Å². The van der Waals surface area contributed by atoms with E-state index in [1.54, 1.807) is 26.2 Å². The Balaban J connectivity index is 0.000000283. The summed E-state index contributed by atoms with van der Waals surface area (Å²) in [5.74, 6) is -0.499. The first kappa shape index (κ1) is 28.6. The predicted octanol–water partition coefficient (Wildman–Crippen LogP) is 4.92. The maximum Gasteiger partial charge on any atom is 0.402 e. The van der Waals surface area contributed by atoms with Crippen LogP contribution in [0.15, 0.2) is 42.5 Å². The third kappa shape index (κ3) is 8.50. The fourth-order valence-electron chi connectivity index (χ4n) is 3.86. The second-order valence-electron chi connectivity index (χ2n) is 8.63. The molecule has 35 heavy (non-hydrogen) atoms. The summed E-state index contributed by atoms with van der Waals surface area (Å²) in [5, 5.41) is 0.279. The number of rotatable bonds is 7. The zero-order valence-corrected chi connectivity index (χ0v) is 20.7. The summed E-state index contributed by atoms with van der Waals surface area (Å²) in [7, 11) is 3.41. The molecular weight excluding hydrogens is 481 g/mol. The minimum atomic E-state index is -4.50. The smallest absolute Gasteiger partial charge is 0.357 e. The Morgan fingerprint density at radius 3 is 2.31 bits per heavy atom. The van der Waals surface area contributed by atoms with Crippen LogP contribution in [0.4, 0.5) is 19.0 Å². The lowest BCUT2D eigenvalue weighted by atomic mass is 9.92. The predicted molar refractivity (Wildman–Crippen MR) is 132 cm³/mol. The number of anilines is 1. The summed E-state index contributed by atoms with van der Waals surface area (Å²) in [6, 6.07) is 10.8. The molecule has 1 aliphatic rings. The largest absolute Gasteiger partial charge is 0.402 e. The van der Waals surface area contributed by atoms with Crippen LogP contribution in [0.2, 0.25) is 5.15 Å². The number of nitrogens with zero attached hydrogens (tertiary/aromatic N) is 3. The number of carbonyl (C=O) groups excluding carboxylic acids is 2. The number of aromatic nitrogens is 1. The average molecular weight is 513 g/mol. The van der Waals surface area contributed by atoms with Crippen LogP contribution < -0.4 is 10.6 Å². The molecule has 6 nitrogen and oxygen atoms in total. The molecule has 2 heterocycles. The number of hydrogen-bond donors (Lipinski definition) is 1. The van der Waals surface area contributed by atoms with Crippen LogP contribution in [0.5, 0.6) is 0 Å². The van der Waals surface area contributed by atoms with Gasteiger partial charge in [-0.1, -0.05) is 41.9 Å². The molecule has 1 aromatic carbocycles. The Bertz CT molecular complexity index is 949. The molecule has 1 saturated heterocycles. The van der Waals surface area contributed by atoms with Crippen molar-refractivity contribution < 1.29 is 22.8 Å². The van der Waals surface area contributed by atoms with E-state index in [2.05, 4.69) is 9.88 Å². The molecule has 0 saturated carbocycles. The zero-order valence-electron chi connectivity index (χ0n) is 20.0. The third-order valence-corrected chi connectivity index (χ3v) is 6.16. The van der Waals surface area contributed by atoms with Crippen molar-refractivity contribution in [3.05, 3.63) is 58.7 Å². The van der Waals surface area contributed by atoms with Gasteiger partial charge in [0.15, 0.2) is 0 Å². The molecule has 10 heteroatoms. The lowest BCUT2D eigenvalue weighted by Crippen LogP contribution is -2.34. The molecule has 0 bridgehead atoms.